The molecule has 0 fully saturated rings. The van der Waals surface area contributed by atoms with Crippen LogP contribution < -0.4 is 11.1 Å². The number of nitrogen functional groups attached to an aromatic ring is 1. The lowest BCUT2D eigenvalue weighted by molar-refractivity contribution is 1.02. The van der Waals surface area contributed by atoms with Gasteiger partial charge in [0.2, 0.25) is 0 Å². The van der Waals surface area contributed by atoms with Crippen LogP contribution in [0.1, 0.15) is 5.56 Å². The fourth-order valence-corrected chi connectivity index (χ4v) is 2.82. The summed E-state index contributed by atoms with van der Waals surface area (Å²) >= 11 is 3.46. The molecule has 3 rings (SSSR count). The van der Waals surface area contributed by atoms with Crippen LogP contribution in [0.2, 0.25) is 0 Å². The minimum atomic E-state index is 0.639. The summed E-state index contributed by atoms with van der Waals surface area (Å²) < 4.78 is 0.874. The second-order valence-corrected chi connectivity index (χ2v) is 5.61. The molecule has 2 aromatic heterocycles. The van der Waals surface area contributed by atoms with Gasteiger partial charge >= 0.3 is 0 Å². The Kier molecular flexibility index (Phi) is 4.01. The molecule has 106 valence electrons. The number of rotatable bonds is 4. The molecule has 0 unspecified atom stereocenters. The highest BCUT2D eigenvalue weighted by Gasteiger charge is 2.05. The molecule has 4 nitrogen and oxygen atoms in total. The molecule has 3 aromatic rings. The topological polar surface area (TPSA) is 63.8 Å². The lowest BCUT2D eigenvalue weighted by atomic mass is 10.1. The van der Waals surface area contributed by atoms with Crippen LogP contribution in [0.25, 0.3) is 10.9 Å². The summed E-state index contributed by atoms with van der Waals surface area (Å²) in [4.78, 5) is 8.50. The molecule has 2 heterocycles. The number of hydrogen-bond donors (Lipinski definition) is 2. The zero-order valence-electron chi connectivity index (χ0n) is 11.4. The van der Waals surface area contributed by atoms with E-state index in [1.54, 1.807) is 12.4 Å². The van der Waals surface area contributed by atoms with Gasteiger partial charge in [0.05, 0.1) is 27.6 Å². The Hall–Kier alpha value is -2.14. The maximum absolute atomic E-state index is 5.92. The summed E-state index contributed by atoms with van der Waals surface area (Å²) in [5.41, 5.74) is 9.74. The summed E-state index contributed by atoms with van der Waals surface area (Å²) in [7, 11) is 0. The van der Waals surface area contributed by atoms with Crippen molar-refractivity contribution in [2.45, 2.75) is 6.42 Å². The van der Waals surface area contributed by atoms with Gasteiger partial charge in [-0.15, -0.1) is 0 Å². The van der Waals surface area contributed by atoms with E-state index >= 15 is 0 Å². The van der Waals surface area contributed by atoms with Crippen molar-refractivity contribution in [2.24, 2.45) is 0 Å². The summed E-state index contributed by atoms with van der Waals surface area (Å²) in [6.45, 7) is 0.780. The summed E-state index contributed by atoms with van der Waals surface area (Å²) in [5.74, 6) is 0. The van der Waals surface area contributed by atoms with E-state index in [-0.39, 0.29) is 0 Å². The van der Waals surface area contributed by atoms with Crippen LogP contribution in [0.3, 0.4) is 0 Å². The largest absolute Gasteiger partial charge is 0.396 e. The van der Waals surface area contributed by atoms with Crippen molar-refractivity contribution in [1.82, 2.24) is 9.97 Å². The molecule has 0 atom stereocenters. The third kappa shape index (κ3) is 2.97. The fourth-order valence-electron chi connectivity index (χ4n) is 2.33. The van der Waals surface area contributed by atoms with Crippen LogP contribution in [0.15, 0.2) is 53.4 Å². The molecular weight excluding hydrogens is 328 g/mol. The maximum atomic E-state index is 5.92. The number of fused-ring (bicyclic) bond motifs is 1. The highest BCUT2D eigenvalue weighted by Crippen LogP contribution is 2.27. The van der Waals surface area contributed by atoms with Gasteiger partial charge < -0.3 is 11.1 Å². The van der Waals surface area contributed by atoms with Gasteiger partial charge in [0.25, 0.3) is 0 Å². The van der Waals surface area contributed by atoms with E-state index in [1.165, 1.54) is 10.9 Å². The van der Waals surface area contributed by atoms with Crippen LogP contribution in [0.5, 0.6) is 0 Å². The van der Waals surface area contributed by atoms with Gasteiger partial charge in [0.1, 0.15) is 0 Å². The smallest absolute Gasteiger partial charge is 0.0750 e. The predicted molar refractivity (Wildman–Crippen MR) is 90.3 cm³/mol. The van der Waals surface area contributed by atoms with Gasteiger partial charge in [-0.05, 0) is 34.0 Å². The van der Waals surface area contributed by atoms with Crippen LogP contribution in [-0.4, -0.2) is 16.5 Å². The molecule has 1 aromatic carbocycles. The minimum absolute atomic E-state index is 0.639. The number of pyridine rings is 2. The number of nitrogens with two attached hydrogens (primary N) is 1. The number of benzene rings is 1. The highest BCUT2D eigenvalue weighted by atomic mass is 79.9. The molecule has 0 aliphatic carbocycles. The van der Waals surface area contributed by atoms with Gasteiger partial charge in [0, 0.05) is 24.3 Å². The minimum Gasteiger partial charge on any atom is -0.396 e. The molecule has 0 aliphatic rings. The van der Waals surface area contributed by atoms with Crippen LogP contribution in [0.4, 0.5) is 11.4 Å². The van der Waals surface area contributed by atoms with Gasteiger partial charge in [0.15, 0.2) is 0 Å². The zero-order chi connectivity index (χ0) is 14.7. The van der Waals surface area contributed by atoms with Crippen molar-refractivity contribution in [3.63, 3.8) is 0 Å². The summed E-state index contributed by atoms with van der Waals surface area (Å²) in [6, 6.07) is 10.3. The fraction of sp³-hybridized carbons (Fsp3) is 0.125. The number of nitrogens with zero attached hydrogens (tertiary/aromatic N) is 2. The summed E-state index contributed by atoms with van der Waals surface area (Å²) in [5, 5.41) is 4.52. The van der Waals surface area contributed by atoms with Gasteiger partial charge in [-0.3, -0.25) is 9.97 Å². The monoisotopic (exact) mass is 342 g/mol. The van der Waals surface area contributed by atoms with Crippen molar-refractivity contribution >= 4 is 38.2 Å². The van der Waals surface area contributed by atoms with Crippen molar-refractivity contribution in [1.29, 1.82) is 0 Å². The maximum Gasteiger partial charge on any atom is 0.0750 e. The standard InChI is InChI=1S/C16H15BrN4/c17-13-9-19-10-14(18)16(13)21-8-6-12-4-1-3-11-5-2-7-20-15(11)12/h1-5,7,9-10H,6,8,18H2,(H,19,21). The van der Waals surface area contributed by atoms with E-state index in [4.69, 9.17) is 5.73 Å². The highest BCUT2D eigenvalue weighted by molar-refractivity contribution is 9.10. The number of halogens is 1. The van der Waals surface area contributed by atoms with Gasteiger partial charge in [-0.25, -0.2) is 0 Å². The molecule has 0 saturated carbocycles. The van der Waals surface area contributed by atoms with Crippen molar-refractivity contribution in [2.75, 3.05) is 17.6 Å². The van der Waals surface area contributed by atoms with E-state index in [1.807, 2.05) is 12.3 Å². The Labute approximate surface area is 131 Å². The van der Waals surface area contributed by atoms with Crippen molar-refractivity contribution < 1.29 is 0 Å². The molecular formula is C16H15BrN4. The van der Waals surface area contributed by atoms with Crippen molar-refractivity contribution in [3.05, 3.63) is 59.0 Å². The third-order valence-electron chi connectivity index (χ3n) is 3.34. The predicted octanol–water partition coefficient (Wildman–Crippen LogP) is 3.63. The third-order valence-corrected chi connectivity index (χ3v) is 3.94. The first-order chi connectivity index (χ1) is 10.3. The van der Waals surface area contributed by atoms with E-state index in [9.17, 15) is 0 Å². The molecule has 0 bridgehead atoms. The Morgan fingerprint density at radius 1 is 1.14 bits per heavy atom. The Morgan fingerprint density at radius 2 is 2.00 bits per heavy atom. The first-order valence-corrected chi connectivity index (χ1v) is 7.50. The molecule has 0 aliphatic heterocycles. The zero-order valence-corrected chi connectivity index (χ0v) is 13.0. The van der Waals surface area contributed by atoms with Gasteiger partial charge in [-0.1, -0.05) is 24.3 Å². The average molecular weight is 343 g/mol. The van der Waals surface area contributed by atoms with Crippen molar-refractivity contribution in [3.8, 4) is 0 Å². The Morgan fingerprint density at radius 3 is 2.86 bits per heavy atom. The number of nitrogens with one attached hydrogen (secondary N) is 1. The van der Waals surface area contributed by atoms with Crippen LogP contribution >= 0.6 is 15.9 Å². The lowest BCUT2D eigenvalue weighted by Gasteiger charge is -2.11. The van der Waals surface area contributed by atoms with E-state index < -0.39 is 0 Å². The van der Waals surface area contributed by atoms with E-state index in [2.05, 4.69) is 55.5 Å². The van der Waals surface area contributed by atoms with Gasteiger partial charge in [-0.2, -0.15) is 0 Å². The quantitative estimate of drug-likeness (QED) is 0.759. The molecule has 0 radical (unpaired) electrons. The van der Waals surface area contributed by atoms with E-state index in [0.29, 0.717) is 5.69 Å². The number of aromatic nitrogens is 2. The molecule has 21 heavy (non-hydrogen) atoms. The molecule has 0 saturated heterocycles. The summed E-state index contributed by atoms with van der Waals surface area (Å²) in [6.07, 6.45) is 6.09. The molecule has 0 spiro atoms. The first kappa shape index (κ1) is 13.8. The lowest BCUT2D eigenvalue weighted by Crippen LogP contribution is -2.08. The SMILES string of the molecule is Nc1cncc(Br)c1NCCc1cccc2cccnc12. The average Bonchev–Trinajstić information content (AvgIpc) is 2.50. The number of anilines is 2. The second kappa shape index (κ2) is 6.10. The van der Waals surface area contributed by atoms with Crippen LogP contribution in [-0.2, 0) is 6.42 Å². The molecule has 0 amide bonds. The molecule has 5 heteroatoms. The van der Waals surface area contributed by atoms with E-state index in [0.717, 1.165) is 28.6 Å². The number of hydrogen-bond acceptors (Lipinski definition) is 4. The van der Waals surface area contributed by atoms with Crippen LogP contribution in [0, 0.1) is 0 Å². The Bertz CT molecular complexity index is 748. The first-order valence-electron chi connectivity index (χ1n) is 6.71. The molecule has 3 N–H and O–H groups in total. The normalized spacial score (nSPS) is 10.7. The number of para-hydroxylation sites is 1. The second-order valence-electron chi connectivity index (χ2n) is 4.75. The Balaban J connectivity index is 1.76.